The molecule has 1 unspecified atom stereocenters. The molecule has 0 radical (unpaired) electrons. The minimum Gasteiger partial charge on any atom is -0.489 e. The normalized spacial score (nSPS) is 12.0. The molecule has 0 aliphatic carbocycles. The summed E-state index contributed by atoms with van der Waals surface area (Å²) in [6, 6.07) is 12.8. The molecule has 0 bridgehead atoms. The first-order chi connectivity index (χ1) is 10.6. The summed E-state index contributed by atoms with van der Waals surface area (Å²) in [5, 5.41) is 13.7. The summed E-state index contributed by atoms with van der Waals surface area (Å²) in [6.45, 7) is 0.776. The smallest absolute Gasteiger partial charge is 0.119 e. The highest BCUT2D eigenvalue weighted by atomic mass is 35.5. The second kappa shape index (κ2) is 8.49. The lowest BCUT2D eigenvalue weighted by molar-refractivity contribution is 0.211. The summed E-state index contributed by atoms with van der Waals surface area (Å²) < 4.78 is 5.69. The summed E-state index contributed by atoms with van der Waals surface area (Å²) >= 11 is 17.5. The van der Waals surface area contributed by atoms with Crippen molar-refractivity contribution in [1.82, 2.24) is 0 Å². The van der Waals surface area contributed by atoms with Gasteiger partial charge in [0, 0.05) is 27.8 Å². The molecule has 118 valence electrons. The van der Waals surface area contributed by atoms with Crippen molar-refractivity contribution >= 4 is 40.5 Å². The molecule has 22 heavy (non-hydrogen) atoms. The van der Waals surface area contributed by atoms with E-state index >= 15 is 0 Å². The second-order valence-electron chi connectivity index (χ2n) is 4.74. The number of alkyl halides is 1. The van der Waals surface area contributed by atoms with E-state index in [-0.39, 0.29) is 5.88 Å². The van der Waals surface area contributed by atoms with Crippen molar-refractivity contribution in [2.24, 2.45) is 0 Å². The van der Waals surface area contributed by atoms with E-state index in [2.05, 4.69) is 5.32 Å². The van der Waals surface area contributed by atoms with Crippen LogP contribution in [0.5, 0.6) is 5.75 Å². The van der Waals surface area contributed by atoms with Gasteiger partial charge in [-0.05, 0) is 36.4 Å². The summed E-state index contributed by atoms with van der Waals surface area (Å²) in [5.74, 6) is 0.935. The monoisotopic (exact) mass is 359 g/mol. The molecule has 2 aromatic rings. The summed E-state index contributed by atoms with van der Waals surface area (Å²) in [4.78, 5) is 0. The van der Waals surface area contributed by atoms with E-state index in [1.165, 1.54) is 0 Å². The van der Waals surface area contributed by atoms with Crippen molar-refractivity contribution in [1.29, 1.82) is 0 Å². The Balaban J connectivity index is 1.88. The van der Waals surface area contributed by atoms with E-state index in [1.807, 2.05) is 30.3 Å². The van der Waals surface area contributed by atoms with Gasteiger partial charge in [-0.1, -0.05) is 29.3 Å². The van der Waals surface area contributed by atoms with Gasteiger partial charge in [0.15, 0.2) is 0 Å². The quantitative estimate of drug-likeness (QED) is 0.710. The van der Waals surface area contributed by atoms with Gasteiger partial charge in [-0.25, -0.2) is 0 Å². The molecule has 0 aliphatic heterocycles. The number of hydrogen-bond acceptors (Lipinski definition) is 3. The van der Waals surface area contributed by atoms with Gasteiger partial charge in [-0.15, -0.1) is 11.6 Å². The Labute approximate surface area is 144 Å². The average Bonchev–Trinajstić information content (AvgIpc) is 2.52. The number of hydrogen-bond donors (Lipinski definition) is 2. The molecule has 0 fully saturated rings. The third kappa shape index (κ3) is 5.25. The van der Waals surface area contributed by atoms with Gasteiger partial charge in [0.2, 0.25) is 0 Å². The SMILES string of the molecule is OC(CCl)CNc1ccc(OCc2ccc(Cl)cc2Cl)cc1. The van der Waals surface area contributed by atoms with Crippen LogP contribution in [0.1, 0.15) is 5.56 Å². The summed E-state index contributed by atoms with van der Waals surface area (Å²) in [7, 11) is 0. The first-order valence-electron chi connectivity index (χ1n) is 6.73. The van der Waals surface area contributed by atoms with Crippen LogP contribution in [-0.2, 0) is 6.61 Å². The first kappa shape index (κ1) is 17.2. The number of aliphatic hydroxyl groups excluding tert-OH is 1. The van der Waals surface area contributed by atoms with Gasteiger partial charge in [-0.3, -0.25) is 0 Å². The third-order valence-electron chi connectivity index (χ3n) is 2.98. The fourth-order valence-corrected chi connectivity index (χ4v) is 2.33. The largest absolute Gasteiger partial charge is 0.489 e. The van der Waals surface area contributed by atoms with Gasteiger partial charge in [0.25, 0.3) is 0 Å². The number of rotatable bonds is 7. The highest BCUT2D eigenvalue weighted by Crippen LogP contribution is 2.23. The molecule has 6 heteroatoms. The van der Waals surface area contributed by atoms with Gasteiger partial charge in [0.1, 0.15) is 12.4 Å². The maximum Gasteiger partial charge on any atom is 0.119 e. The Morgan fingerprint density at radius 1 is 1.09 bits per heavy atom. The van der Waals surface area contributed by atoms with E-state index < -0.39 is 6.10 Å². The summed E-state index contributed by atoms with van der Waals surface area (Å²) in [5.41, 5.74) is 1.76. The first-order valence-corrected chi connectivity index (χ1v) is 8.02. The zero-order chi connectivity index (χ0) is 15.9. The van der Waals surface area contributed by atoms with Crippen molar-refractivity contribution in [3.63, 3.8) is 0 Å². The van der Waals surface area contributed by atoms with Gasteiger partial charge in [-0.2, -0.15) is 0 Å². The number of ether oxygens (including phenoxy) is 1. The second-order valence-corrected chi connectivity index (χ2v) is 5.89. The lowest BCUT2D eigenvalue weighted by atomic mass is 10.2. The number of aliphatic hydroxyl groups is 1. The number of halogens is 3. The van der Waals surface area contributed by atoms with E-state index in [4.69, 9.17) is 39.5 Å². The highest BCUT2D eigenvalue weighted by Gasteiger charge is 2.04. The zero-order valence-corrected chi connectivity index (χ0v) is 14.0. The van der Waals surface area contributed by atoms with Gasteiger partial charge < -0.3 is 15.2 Å². The third-order valence-corrected chi connectivity index (χ3v) is 3.93. The van der Waals surface area contributed by atoms with Crippen molar-refractivity contribution < 1.29 is 9.84 Å². The Hall–Kier alpha value is -1.13. The summed E-state index contributed by atoms with van der Waals surface area (Å²) in [6.07, 6.45) is -0.565. The number of benzene rings is 2. The van der Waals surface area contributed by atoms with Gasteiger partial charge >= 0.3 is 0 Å². The molecule has 0 heterocycles. The van der Waals surface area contributed by atoms with Crippen LogP contribution in [0.15, 0.2) is 42.5 Å². The fraction of sp³-hybridized carbons (Fsp3) is 0.250. The molecule has 0 aliphatic rings. The molecule has 0 spiro atoms. The van der Waals surface area contributed by atoms with E-state index in [0.29, 0.717) is 23.2 Å². The molecule has 2 rings (SSSR count). The van der Waals surface area contributed by atoms with Crippen LogP contribution in [0.2, 0.25) is 10.0 Å². The maximum absolute atomic E-state index is 9.39. The molecule has 2 aromatic carbocycles. The molecular weight excluding hydrogens is 345 g/mol. The lowest BCUT2D eigenvalue weighted by Crippen LogP contribution is -2.20. The molecule has 0 amide bonds. The van der Waals surface area contributed by atoms with Crippen molar-refractivity contribution in [3.05, 3.63) is 58.1 Å². The van der Waals surface area contributed by atoms with Crippen LogP contribution in [0.25, 0.3) is 0 Å². The van der Waals surface area contributed by atoms with Crippen LogP contribution < -0.4 is 10.1 Å². The van der Waals surface area contributed by atoms with Gasteiger partial charge in [0.05, 0.1) is 12.0 Å². The van der Waals surface area contributed by atoms with Crippen LogP contribution in [0.4, 0.5) is 5.69 Å². The van der Waals surface area contributed by atoms with Crippen molar-refractivity contribution in [2.45, 2.75) is 12.7 Å². The molecule has 2 N–H and O–H groups in total. The van der Waals surface area contributed by atoms with E-state index in [1.54, 1.807) is 12.1 Å². The fourth-order valence-electron chi connectivity index (χ4n) is 1.76. The molecule has 1 atom stereocenters. The number of nitrogens with one attached hydrogen (secondary N) is 1. The highest BCUT2D eigenvalue weighted by molar-refractivity contribution is 6.35. The van der Waals surface area contributed by atoms with Crippen LogP contribution in [0, 0.1) is 0 Å². The average molecular weight is 361 g/mol. The van der Waals surface area contributed by atoms with Crippen LogP contribution >= 0.6 is 34.8 Å². The standard InChI is InChI=1S/C16H16Cl3NO2/c17-8-14(21)9-20-13-3-5-15(6-4-13)22-10-11-1-2-12(18)7-16(11)19/h1-7,14,20-21H,8-10H2. The predicted molar refractivity (Wildman–Crippen MR) is 92.5 cm³/mol. The maximum atomic E-state index is 9.39. The molecule has 0 aromatic heterocycles. The van der Waals surface area contributed by atoms with Crippen molar-refractivity contribution in [3.8, 4) is 5.75 Å². The topological polar surface area (TPSA) is 41.5 Å². The van der Waals surface area contributed by atoms with Crippen molar-refractivity contribution in [2.75, 3.05) is 17.7 Å². The Kier molecular flexibility index (Phi) is 6.65. The predicted octanol–water partition coefficient (Wildman–Crippen LogP) is 4.58. The van der Waals surface area contributed by atoms with E-state index in [0.717, 1.165) is 17.0 Å². The minimum atomic E-state index is -0.565. The Morgan fingerprint density at radius 2 is 1.82 bits per heavy atom. The van der Waals surface area contributed by atoms with Crippen LogP contribution in [-0.4, -0.2) is 23.6 Å². The number of anilines is 1. The van der Waals surface area contributed by atoms with E-state index in [9.17, 15) is 5.11 Å². The zero-order valence-electron chi connectivity index (χ0n) is 11.7. The Morgan fingerprint density at radius 3 is 2.45 bits per heavy atom. The molecule has 0 saturated carbocycles. The van der Waals surface area contributed by atoms with Crippen LogP contribution in [0.3, 0.4) is 0 Å². The molecule has 0 saturated heterocycles. The molecule has 3 nitrogen and oxygen atoms in total. The Bertz CT molecular complexity index is 605. The molecular formula is C16H16Cl3NO2. The minimum absolute atomic E-state index is 0.204. The lowest BCUT2D eigenvalue weighted by Gasteiger charge is -2.11.